The molecule has 1 N–H and O–H groups in total. The highest BCUT2D eigenvalue weighted by atomic mass is 79.9. The first kappa shape index (κ1) is 9.21. The number of rotatable bonds is 2. The summed E-state index contributed by atoms with van der Waals surface area (Å²) in [6, 6.07) is 3.31. The van der Waals surface area contributed by atoms with Crippen molar-refractivity contribution in [2.75, 3.05) is 0 Å². The third kappa shape index (κ3) is 1.39. The summed E-state index contributed by atoms with van der Waals surface area (Å²) < 4.78 is 0. The Labute approximate surface area is 88.1 Å². The largest absolute Gasteiger partial charge is 0.545 e. The van der Waals surface area contributed by atoms with Crippen LogP contribution in [0.2, 0.25) is 0 Å². The summed E-state index contributed by atoms with van der Waals surface area (Å²) in [4.78, 5) is 10.8. The first-order valence-corrected chi connectivity index (χ1v) is 5.08. The zero-order chi connectivity index (χ0) is 10.1. The molecule has 0 saturated heterocycles. The zero-order valence-corrected chi connectivity index (χ0v) is 8.67. The molecule has 0 unspecified atom stereocenters. The number of carbonyl (C=O) groups is 1. The van der Waals surface area contributed by atoms with Crippen LogP contribution in [-0.2, 0) is 5.33 Å². The van der Waals surface area contributed by atoms with Gasteiger partial charge in [0.05, 0.1) is 17.7 Å². The fourth-order valence-corrected chi connectivity index (χ4v) is 1.80. The minimum Gasteiger partial charge on any atom is -0.545 e. The molecule has 0 atom stereocenters. The molecule has 72 valence electrons. The smallest absolute Gasteiger partial charge is 0.0719 e. The van der Waals surface area contributed by atoms with E-state index in [0.29, 0.717) is 16.4 Å². The molecule has 1 aromatic carbocycles. The number of fused-ring (bicyclic) bond motifs is 1. The molecule has 0 aliphatic heterocycles. The number of carbonyl (C=O) groups excluding carboxylic acids is 1. The SMILES string of the molecule is O=C([O-])c1cc2[nH]ncc2cc1CBr. The van der Waals surface area contributed by atoms with E-state index in [1.807, 2.05) is 0 Å². The predicted molar refractivity (Wildman–Crippen MR) is 53.1 cm³/mol. The van der Waals surface area contributed by atoms with Gasteiger partial charge in [-0.25, -0.2) is 0 Å². The minimum atomic E-state index is -1.17. The van der Waals surface area contributed by atoms with Crippen LogP contribution in [0.4, 0.5) is 0 Å². The molecule has 2 aromatic rings. The fraction of sp³-hybridized carbons (Fsp3) is 0.111. The summed E-state index contributed by atoms with van der Waals surface area (Å²) in [7, 11) is 0. The van der Waals surface area contributed by atoms with Crippen LogP contribution >= 0.6 is 15.9 Å². The summed E-state index contributed by atoms with van der Waals surface area (Å²) >= 11 is 3.23. The van der Waals surface area contributed by atoms with E-state index in [1.165, 1.54) is 6.07 Å². The van der Waals surface area contributed by atoms with E-state index in [9.17, 15) is 9.90 Å². The topological polar surface area (TPSA) is 68.8 Å². The van der Waals surface area contributed by atoms with Gasteiger partial charge < -0.3 is 9.90 Å². The van der Waals surface area contributed by atoms with Gasteiger partial charge >= 0.3 is 0 Å². The third-order valence-electron chi connectivity index (χ3n) is 2.03. The Hall–Kier alpha value is -1.36. The molecule has 2 rings (SSSR count). The van der Waals surface area contributed by atoms with Gasteiger partial charge in [0.15, 0.2) is 0 Å². The molecular weight excluding hydrogens is 248 g/mol. The standard InChI is InChI=1S/C9H7BrN2O2/c10-3-5-1-6-4-11-12-8(6)2-7(5)9(13)14/h1-2,4H,3H2,(H,11,12)(H,13,14)/p-1. The highest BCUT2D eigenvalue weighted by molar-refractivity contribution is 9.08. The molecule has 14 heavy (non-hydrogen) atoms. The Balaban J connectivity index is 2.72. The van der Waals surface area contributed by atoms with Gasteiger partial charge in [0.2, 0.25) is 0 Å². The first-order valence-electron chi connectivity index (χ1n) is 3.95. The molecule has 1 heterocycles. The number of carboxylic acid groups (broad SMARTS) is 1. The number of halogens is 1. The van der Waals surface area contributed by atoms with Crippen molar-refractivity contribution in [1.29, 1.82) is 0 Å². The number of hydrogen-bond acceptors (Lipinski definition) is 3. The normalized spacial score (nSPS) is 10.6. The Morgan fingerprint density at radius 2 is 2.36 bits per heavy atom. The average molecular weight is 254 g/mol. The van der Waals surface area contributed by atoms with Gasteiger partial charge in [-0.1, -0.05) is 15.9 Å². The van der Waals surface area contributed by atoms with Crippen LogP contribution in [0.25, 0.3) is 10.9 Å². The molecule has 0 fully saturated rings. The van der Waals surface area contributed by atoms with E-state index in [2.05, 4.69) is 26.1 Å². The molecule has 4 nitrogen and oxygen atoms in total. The first-order chi connectivity index (χ1) is 6.72. The van der Waals surface area contributed by atoms with Crippen LogP contribution < -0.4 is 5.11 Å². The van der Waals surface area contributed by atoms with Crippen LogP contribution in [-0.4, -0.2) is 16.2 Å². The van der Waals surface area contributed by atoms with Crippen LogP contribution in [0.5, 0.6) is 0 Å². The quantitative estimate of drug-likeness (QED) is 0.806. The van der Waals surface area contributed by atoms with Crippen LogP contribution in [0.1, 0.15) is 15.9 Å². The van der Waals surface area contributed by atoms with Crippen molar-refractivity contribution in [3.8, 4) is 0 Å². The number of aromatic carboxylic acids is 1. The van der Waals surface area contributed by atoms with Crippen molar-refractivity contribution >= 4 is 32.8 Å². The number of aromatic amines is 1. The molecule has 0 saturated carbocycles. The third-order valence-corrected chi connectivity index (χ3v) is 2.63. The number of nitrogens with zero attached hydrogens (tertiary/aromatic N) is 1. The number of carboxylic acids is 1. The van der Waals surface area contributed by atoms with E-state index >= 15 is 0 Å². The summed E-state index contributed by atoms with van der Waals surface area (Å²) in [5.41, 5.74) is 1.59. The van der Waals surface area contributed by atoms with E-state index in [-0.39, 0.29) is 5.56 Å². The summed E-state index contributed by atoms with van der Waals surface area (Å²) in [5, 5.41) is 18.7. The Kier molecular flexibility index (Phi) is 2.25. The Bertz CT molecular complexity index is 493. The van der Waals surface area contributed by atoms with Gasteiger partial charge in [-0.15, -0.1) is 0 Å². The van der Waals surface area contributed by atoms with Crippen molar-refractivity contribution in [2.24, 2.45) is 0 Å². The molecule has 5 heteroatoms. The molecular formula is C9H6BrN2O2-. The molecule has 0 amide bonds. The van der Waals surface area contributed by atoms with E-state index < -0.39 is 5.97 Å². The fourth-order valence-electron chi connectivity index (χ4n) is 1.34. The average Bonchev–Trinajstić information content (AvgIpc) is 2.62. The lowest BCUT2D eigenvalue weighted by Crippen LogP contribution is -2.23. The summed E-state index contributed by atoms with van der Waals surface area (Å²) in [6.45, 7) is 0. The Morgan fingerprint density at radius 1 is 1.57 bits per heavy atom. The second-order valence-electron chi connectivity index (χ2n) is 2.89. The number of aromatic nitrogens is 2. The second kappa shape index (κ2) is 3.42. The predicted octanol–water partition coefficient (Wildman–Crippen LogP) is 0.821. The number of H-pyrrole nitrogens is 1. The highest BCUT2D eigenvalue weighted by Gasteiger charge is 2.05. The zero-order valence-electron chi connectivity index (χ0n) is 7.08. The van der Waals surface area contributed by atoms with E-state index in [1.54, 1.807) is 12.3 Å². The van der Waals surface area contributed by atoms with Gasteiger partial charge in [0.1, 0.15) is 0 Å². The van der Waals surface area contributed by atoms with Gasteiger partial charge in [0, 0.05) is 16.3 Å². The number of alkyl halides is 1. The molecule has 0 aliphatic rings. The molecule has 0 radical (unpaired) electrons. The van der Waals surface area contributed by atoms with Gasteiger partial charge in [-0.3, -0.25) is 5.10 Å². The van der Waals surface area contributed by atoms with Crippen molar-refractivity contribution in [1.82, 2.24) is 10.2 Å². The molecule has 1 aromatic heterocycles. The van der Waals surface area contributed by atoms with Crippen molar-refractivity contribution in [3.63, 3.8) is 0 Å². The summed E-state index contributed by atoms with van der Waals surface area (Å²) in [5.74, 6) is -1.17. The minimum absolute atomic E-state index is 0.193. The van der Waals surface area contributed by atoms with Crippen LogP contribution in [0.3, 0.4) is 0 Å². The summed E-state index contributed by atoms with van der Waals surface area (Å²) in [6.07, 6.45) is 1.65. The van der Waals surface area contributed by atoms with E-state index in [4.69, 9.17) is 0 Å². The molecule has 0 bridgehead atoms. The van der Waals surface area contributed by atoms with Gasteiger partial charge in [-0.2, -0.15) is 5.10 Å². The second-order valence-corrected chi connectivity index (χ2v) is 3.45. The number of hydrogen-bond donors (Lipinski definition) is 1. The molecule has 0 spiro atoms. The van der Waals surface area contributed by atoms with Crippen LogP contribution in [0.15, 0.2) is 18.3 Å². The maximum absolute atomic E-state index is 10.8. The highest BCUT2D eigenvalue weighted by Crippen LogP contribution is 2.19. The van der Waals surface area contributed by atoms with Crippen molar-refractivity contribution in [3.05, 3.63) is 29.5 Å². The van der Waals surface area contributed by atoms with Crippen molar-refractivity contribution in [2.45, 2.75) is 5.33 Å². The lowest BCUT2D eigenvalue weighted by Gasteiger charge is -2.07. The lowest BCUT2D eigenvalue weighted by atomic mass is 10.1. The monoisotopic (exact) mass is 253 g/mol. The van der Waals surface area contributed by atoms with Gasteiger partial charge in [0.25, 0.3) is 0 Å². The Morgan fingerprint density at radius 3 is 3.00 bits per heavy atom. The maximum Gasteiger partial charge on any atom is 0.0719 e. The number of benzene rings is 1. The van der Waals surface area contributed by atoms with E-state index in [0.717, 1.165) is 5.39 Å². The van der Waals surface area contributed by atoms with Crippen molar-refractivity contribution < 1.29 is 9.90 Å². The maximum atomic E-state index is 10.8. The molecule has 0 aliphatic carbocycles. The van der Waals surface area contributed by atoms with Crippen LogP contribution in [0, 0.1) is 0 Å². The number of nitrogens with one attached hydrogen (secondary N) is 1. The lowest BCUT2D eigenvalue weighted by molar-refractivity contribution is -0.255. The van der Waals surface area contributed by atoms with Gasteiger partial charge in [-0.05, 0) is 17.7 Å².